The van der Waals surface area contributed by atoms with Gasteiger partial charge >= 0.3 is 5.97 Å². The van der Waals surface area contributed by atoms with Crippen LogP contribution in [0.25, 0.3) is 0 Å². The van der Waals surface area contributed by atoms with E-state index in [1.807, 2.05) is 0 Å². The number of hydrogen-bond donors (Lipinski definition) is 0. The Balaban J connectivity index is 1.84. The molecule has 0 N–H and O–H groups in total. The minimum Gasteiger partial charge on any atom is -0.469 e. The first-order valence-corrected chi connectivity index (χ1v) is 5.87. The zero-order valence-corrected chi connectivity index (χ0v) is 10.6. The summed E-state index contributed by atoms with van der Waals surface area (Å²) in [5.41, 5.74) is 0. The maximum Gasteiger partial charge on any atom is 0.308 e. The molecule has 1 fully saturated rings. The molecule has 1 aromatic heterocycles. The van der Waals surface area contributed by atoms with Crippen molar-refractivity contribution in [1.82, 2.24) is 15.0 Å². The summed E-state index contributed by atoms with van der Waals surface area (Å²) in [5, 5.41) is 3.85. The average molecular weight is 255 g/mol. The van der Waals surface area contributed by atoms with Gasteiger partial charge < -0.3 is 14.0 Å². The van der Waals surface area contributed by atoms with Crippen LogP contribution in [0.5, 0.6) is 0 Å². The quantitative estimate of drug-likeness (QED) is 0.708. The molecule has 0 aromatic carbocycles. The van der Waals surface area contributed by atoms with Crippen molar-refractivity contribution in [3.8, 4) is 0 Å². The van der Waals surface area contributed by atoms with Crippen LogP contribution in [0.3, 0.4) is 0 Å². The van der Waals surface area contributed by atoms with Crippen LogP contribution in [0, 0.1) is 6.92 Å². The van der Waals surface area contributed by atoms with Crippen molar-refractivity contribution in [3.05, 3.63) is 11.7 Å². The highest BCUT2D eigenvalue weighted by molar-refractivity contribution is 5.69. The molecule has 0 aliphatic carbocycles. The first-order valence-electron chi connectivity index (χ1n) is 5.87. The second-order valence-electron chi connectivity index (χ2n) is 4.24. The van der Waals surface area contributed by atoms with Crippen molar-refractivity contribution in [2.75, 3.05) is 26.8 Å². The Morgan fingerprint density at radius 3 is 3.11 bits per heavy atom. The van der Waals surface area contributed by atoms with Gasteiger partial charge in [0.2, 0.25) is 5.89 Å². The van der Waals surface area contributed by atoms with Gasteiger partial charge in [0.05, 0.1) is 32.8 Å². The first kappa shape index (κ1) is 13.0. The molecule has 0 radical (unpaired) electrons. The molecule has 0 bridgehead atoms. The number of aryl methyl sites for hydroxylation is 1. The number of morpholine rings is 1. The second kappa shape index (κ2) is 5.92. The third-order valence-electron chi connectivity index (χ3n) is 2.78. The number of carbonyl (C=O) groups excluding carboxylic acids is 1. The lowest BCUT2D eigenvalue weighted by atomic mass is 10.2. The SMILES string of the molecule is COC(=O)CC1CN(Cc2noc(C)n2)CCO1. The number of hydrogen-bond acceptors (Lipinski definition) is 7. The highest BCUT2D eigenvalue weighted by Crippen LogP contribution is 2.11. The molecule has 1 saturated heterocycles. The van der Waals surface area contributed by atoms with E-state index in [1.54, 1.807) is 6.92 Å². The molecule has 0 spiro atoms. The summed E-state index contributed by atoms with van der Waals surface area (Å²) in [6.45, 7) is 4.43. The van der Waals surface area contributed by atoms with Gasteiger partial charge in [0.25, 0.3) is 0 Å². The molecule has 100 valence electrons. The Hall–Kier alpha value is -1.47. The Morgan fingerprint density at radius 2 is 2.44 bits per heavy atom. The molecule has 1 aliphatic heterocycles. The zero-order valence-electron chi connectivity index (χ0n) is 10.6. The summed E-state index contributed by atoms with van der Waals surface area (Å²) in [4.78, 5) is 17.5. The Morgan fingerprint density at radius 1 is 1.61 bits per heavy atom. The lowest BCUT2D eigenvalue weighted by molar-refractivity contribution is -0.145. The lowest BCUT2D eigenvalue weighted by Crippen LogP contribution is -2.43. The minimum atomic E-state index is -0.253. The summed E-state index contributed by atoms with van der Waals surface area (Å²) >= 11 is 0. The molecule has 7 nitrogen and oxygen atoms in total. The summed E-state index contributed by atoms with van der Waals surface area (Å²) in [5.74, 6) is 0.966. The first-order chi connectivity index (χ1) is 8.67. The Bertz CT molecular complexity index is 407. The molecule has 1 aliphatic rings. The van der Waals surface area contributed by atoms with Crippen molar-refractivity contribution in [2.24, 2.45) is 0 Å². The fourth-order valence-electron chi connectivity index (χ4n) is 1.92. The molecule has 0 saturated carbocycles. The van der Waals surface area contributed by atoms with Crippen molar-refractivity contribution < 1.29 is 18.8 Å². The topological polar surface area (TPSA) is 77.7 Å². The van der Waals surface area contributed by atoms with E-state index in [-0.39, 0.29) is 18.5 Å². The number of nitrogens with zero attached hydrogens (tertiary/aromatic N) is 3. The number of methoxy groups -OCH3 is 1. The predicted octanol–water partition coefficient (Wildman–Crippen LogP) is 0.142. The van der Waals surface area contributed by atoms with Gasteiger partial charge in [0.1, 0.15) is 0 Å². The van der Waals surface area contributed by atoms with E-state index in [9.17, 15) is 4.79 Å². The highest BCUT2D eigenvalue weighted by atomic mass is 16.5. The van der Waals surface area contributed by atoms with Crippen LogP contribution < -0.4 is 0 Å². The molecule has 1 aromatic rings. The third kappa shape index (κ3) is 3.51. The standard InChI is InChI=1S/C11H17N3O4/c1-8-12-10(13-18-8)7-14-3-4-17-9(6-14)5-11(15)16-2/h9H,3-7H2,1-2H3. The maximum absolute atomic E-state index is 11.2. The van der Waals surface area contributed by atoms with Crippen LogP contribution in [-0.4, -0.2) is 53.9 Å². The molecule has 18 heavy (non-hydrogen) atoms. The average Bonchev–Trinajstić information content (AvgIpc) is 2.75. The molecule has 2 rings (SSSR count). The van der Waals surface area contributed by atoms with Crippen molar-refractivity contribution in [3.63, 3.8) is 0 Å². The Labute approximate surface area is 105 Å². The van der Waals surface area contributed by atoms with E-state index >= 15 is 0 Å². The van der Waals surface area contributed by atoms with Gasteiger partial charge in [-0.25, -0.2) is 0 Å². The van der Waals surface area contributed by atoms with E-state index < -0.39 is 0 Å². The Kier molecular flexibility index (Phi) is 4.27. The number of carbonyl (C=O) groups is 1. The fourth-order valence-corrected chi connectivity index (χ4v) is 1.92. The van der Waals surface area contributed by atoms with Crippen LogP contribution in [0.15, 0.2) is 4.52 Å². The van der Waals surface area contributed by atoms with E-state index in [2.05, 4.69) is 19.8 Å². The van der Waals surface area contributed by atoms with Crippen LogP contribution in [-0.2, 0) is 20.8 Å². The van der Waals surface area contributed by atoms with Gasteiger partial charge in [0.15, 0.2) is 5.82 Å². The van der Waals surface area contributed by atoms with Gasteiger partial charge in [-0.15, -0.1) is 0 Å². The van der Waals surface area contributed by atoms with E-state index in [0.29, 0.717) is 31.4 Å². The third-order valence-corrected chi connectivity index (χ3v) is 2.78. The van der Waals surface area contributed by atoms with Crippen LogP contribution in [0.4, 0.5) is 0 Å². The molecule has 7 heteroatoms. The van der Waals surface area contributed by atoms with Gasteiger partial charge in [-0.3, -0.25) is 9.69 Å². The summed E-state index contributed by atoms with van der Waals surface area (Å²) < 4.78 is 15.1. The molecular formula is C11H17N3O4. The smallest absolute Gasteiger partial charge is 0.308 e. The lowest BCUT2D eigenvalue weighted by Gasteiger charge is -2.31. The number of ether oxygens (including phenoxy) is 2. The molecule has 1 unspecified atom stereocenters. The van der Waals surface area contributed by atoms with Crippen molar-refractivity contribution >= 4 is 5.97 Å². The second-order valence-corrected chi connectivity index (χ2v) is 4.24. The van der Waals surface area contributed by atoms with Crippen LogP contribution in [0.2, 0.25) is 0 Å². The molecule has 2 heterocycles. The van der Waals surface area contributed by atoms with Crippen LogP contribution >= 0.6 is 0 Å². The summed E-state index contributed by atoms with van der Waals surface area (Å²) in [7, 11) is 1.38. The summed E-state index contributed by atoms with van der Waals surface area (Å²) in [6, 6.07) is 0. The van der Waals surface area contributed by atoms with Crippen molar-refractivity contribution in [2.45, 2.75) is 26.0 Å². The number of esters is 1. The largest absolute Gasteiger partial charge is 0.469 e. The fraction of sp³-hybridized carbons (Fsp3) is 0.727. The highest BCUT2D eigenvalue weighted by Gasteiger charge is 2.24. The molecule has 0 amide bonds. The minimum absolute atomic E-state index is 0.126. The predicted molar refractivity (Wildman–Crippen MR) is 60.7 cm³/mol. The van der Waals surface area contributed by atoms with E-state index in [1.165, 1.54) is 7.11 Å². The normalized spacial score (nSPS) is 20.9. The van der Waals surface area contributed by atoms with E-state index in [4.69, 9.17) is 9.26 Å². The van der Waals surface area contributed by atoms with Gasteiger partial charge in [-0.05, 0) is 0 Å². The van der Waals surface area contributed by atoms with Crippen LogP contribution in [0.1, 0.15) is 18.1 Å². The zero-order chi connectivity index (χ0) is 13.0. The van der Waals surface area contributed by atoms with Gasteiger partial charge in [-0.2, -0.15) is 4.98 Å². The number of aromatic nitrogens is 2. The maximum atomic E-state index is 11.2. The van der Waals surface area contributed by atoms with Gasteiger partial charge in [0, 0.05) is 20.0 Å². The molecular weight excluding hydrogens is 238 g/mol. The van der Waals surface area contributed by atoms with Crippen molar-refractivity contribution in [1.29, 1.82) is 0 Å². The van der Waals surface area contributed by atoms with E-state index in [0.717, 1.165) is 6.54 Å². The number of rotatable bonds is 4. The monoisotopic (exact) mass is 255 g/mol. The molecule has 1 atom stereocenters. The van der Waals surface area contributed by atoms with Gasteiger partial charge in [-0.1, -0.05) is 5.16 Å². The summed E-state index contributed by atoms with van der Waals surface area (Å²) in [6.07, 6.45) is 0.150.